The molecule has 106 valence electrons. The van der Waals surface area contributed by atoms with E-state index in [2.05, 4.69) is 47.4 Å². The Labute approximate surface area is 119 Å². The Hall–Kier alpha value is -1.14. The SMILES string of the molecule is CCn1nc(C)c2[nH]c(=S)n(CCN(C)C(C)C)c21. The number of aryl methyl sites for hydroxylation is 2. The number of imidazole rings is 1. The molecule has 0 unspecified atom stereocenters. The van der Waals surface area contributed by atoms with Gasteiger partial charge in [0.2, 0.25) is 0 Å². The fourth-order valence-corrected chi connectivity index (χ4v) is 2.48. The number of nitrogens with one attached hydrogen (secondary N) is 1. The number of likely N-dealkylation sites (N-methyl/N-ethyl adjacent to an activating group) is 1. The third-order valence-corrected chi connectivity index (χ3v) is 4.01. The lowest BCUT2D eigenvalue weighted by molar-refractivity contribution is 0.263. The largest absolute Gasteiger partial charge is 0.328 e. The number of aromatic amines is 1. The number of fused-ring (bicyclic) bond motifs is 1. The minimum Gasteiger partial charge on any atom is -0.328 e. The fourth-order valence-electron chi connectivity index (χ4n) is 2.20. The first kappa shape index (κ1) is 14.3. The fraction of sp³-hybridized carbons (Fsp3) is 0.692. The van der Waals surface area contributed by atoms with Crippen molar-refractivity contribution in [2.24, 2.45) is 0 Å². The summed E-state index contributed by atoms with van der Waals surface area (Å²) < 4.78 is 4.97. The second-order valence-electron chi connectivity index (χ2n) is 5.26. The van der Waals surface area contributed by atoms with Gasteiger partial charge in [0.25, 0.3) is 0 Å². The first-order valence-corrected chi connectivity index (χ1v) is 7.22. The van der Waals surface area contributed by atoms with Gasteiger partial charge in [-0.1, -0.05) is 0 Å². The molecule has 0 saturated carbocycles. The molecule has 0 aliphatic rings. The van der Waals surface area contributed by atoms with E-state index >= 15 is 0 Å². The molecule has 1 N–H and O–H groups in total. The molecule has 0 aliphatic carbocycles. The zero-order valence-electron chi connectivity index (χ0n) is 12.4. The lowest BCUT2D eigenvalue weighted by Crippen LogP contribution is -2.29. The van der Waals surface area contributed by atoms with Crippen LogP contribution in [-0.2, 0) is 13.1 Å². The van der Waals surface area contributed by atoms with Crippen LogP contribution in [0.25, 0.3) is 11.2 Å². The second kappa shape index (κ2) is 5.46. The van der Waals surface area contributed by atoms with E-state index in [0.717, 1.165) is 41.3 Å². The van der Waals surface area contributed by atoms with Gasteiger partial charge in [0.05, 0.1) is 5.69 Å². The molecule has 2 aromatic rings. The van der Waals surface area contributed by atoms with Crippen LogP contribution in [0.2, 0.25) is 0 Å². The summed E-state index contributed by atoms with van der Waals surface area (Å²) >= 11 is 5.44. The Kier molecular flexibility index (Phi) is 4.10. The van der Waals surface area contributed by atoms with E-state index in [1.165, 1.54) is 0 Å². The summed E-state index contributed by atoms with van der Waals surface area (Å²) in [5.74, 6) is 0. The zero-order valence-corrected chi connectivity index (χ0v) is 13.2. The molecule has 0 saturated heterocycles. The summed E-state index contributed by atoms with van der Waals surface area (Å²) in [7, 11) is 2.14. The minimum absolute atomic E-state index is 0.543. The number of aromatic nitrogens is 4. The molecule has 0 aromatic carbocycles. The first-order valence-electron chi connectivity index (χ1n) is 6.81. The van der Waals surface area contributed by atoms with Crippen molar-refractivity contribution in [3.05, 3.63) is 10.5 Å². The number of hydrogen-bond donors (Lipinski definition) is 1. The standard InChI is InChI=1S/C13H23N5S/c1-6-18-12-11(10(4)15-18)14-13(19)17(12)8-7-16(5)9(2)3/h9H,6-8H2,1-5H3,(H,14,19). The molecule has 5 nitrogen and oxygen atoms in total. The maximum absolute atomic E-state index is 5.44. The van der Waals surface area contributed by atoms with Crippen LogP contribution >= 0.6 is 12.2 Å². The van der Waals surface area contributed by atoms with Crippen molar-refractivity contribution >= 4 is 23.4 Å². The van der Waals surface area contributed by atoms with Crippen molar-refractivity contribution in [3.63, 3.8) is 0 Å². The molecule has 2 heterocycles. The molecular formula is C13H23N5S. The van der Waals surface area contributed by atoms with Crippen molar-refractivity contribution in [1.29, 1.82) is 0 Å². The Morgan fingerprint density at radius 2 is 2.11 bits per heavy atom. The number of H-pyrrole nitrogens is 1. The van der Waals surface area contributed by atoms with Gasteiger partial charge in [0, 0.05) is 25.7 Å². The van der Waals surface area contributed by atoms with Gasteiger partial charge in [0.15, 0.2) is 10.4 Å². The van der Waals surface area contributed by atoms with Crippen molar-refractivity contribution in [2.45, 2.75) is 46.8 Å². The van der Waals surface area contributed by atoms with Gasteiger partial charge >= 0.3 is 0 Å². The normalized spacial score (nSPS) is 12.2. The van der Waals surface area contributed by atoms with Crippen molar-refractivity contribution in [3.8, 4) is 0 Å². The molecule has 0 bridgehead atoms. The van der Waals surface area contributed by atoms with Crippen LogP contribution in [0.4, 0.5) is 0 Å². The van der Waals surface area contributed by atoms with Crippen LogP contribution in [0, 0.1) is 11.7 Å². The van der Waals surface area contributed by atoms with Crippen LogP contribution in [0.3, 0.4) is 0 Å². The van der Waals surface area contributed by atoms with Gasteiger partial charge in [-0.3, -0.25) is 0 Å². The summed E-state index contributed by atoms with van der Waals surface area (Å²) in [5.41, 5.74) is 3.19. The van der Waals surface area contributed by atoms with Gasteiger partial charge in [-0.2, -0.15) is 5.10 Å². The molecule has 0 radical (unpaired) electrons. The topological polar surface area (TPSA) is 41.8 Å². The van der Waals surface area contributed by atoms with Gasteiger partial charge < -0.3 is 14.5 Å². The van der Waals surface area contributed by atoms with Gasteiger partial charge in [-0.05, 0) is 47.0 Å². The third-order valence-electron chi connectivity index (χ3n) is 3.69. The molecule has 0 amide bonds. The molecule has 0 fully saturated rings. The van der Waals surface area contributed by atoms with E-state index < -0.39 is 0 Å². The highest BCUT2D eigenvalue weighted by Crippen LogP contribution is 2.18. The lowest BCUT2D eigenvalue weighted by Gasteiger charge is -2.21. The van der Waals surface area contributed by atoms with Crippen molar-refractivity contribution in [1.82, 2.24) is 24.2 Å². The highest BCUT2D eigenvalue weighted by molar-refractivity contribution is 7.71. The number of rotatable bonds is 5. The Morgan fingerprint density at radius 1 is 1.42 bits per heavy atom. The van der Waals surface area contributed by atoms with E-state index in [1.807, 2.05) is 11.6 Å². The minimum atomic E-state index is 0.543. The molecule has 6 heteroatoms. The summed E-state index contributed by atoms with van der Waals surface area (Å²) in [6, 6.07) is 0.543. The zero-order chi connectivity index (χ0) is 14.2. The van der Waals surface area contributed by atoms with E-state index in [1.54, 1.807) is 0 Å². The number of nitrogens with zero attached hydrogens (tertiary/aromatic N) is 4. The average molecular weight is 281 g/mol. The smallest absolute Gasteiger partial charge is 0.179 e. The monoisotopic (exact) mass is 281 g/mol. The van der Waals surface area contributed by atoms with Crippen LogP contribution in [-0.4, -0.2) is 43.9 Å². The van der Waals surface area contributed by atoms with Gasteiger partial charge in [-0.25, -0.2) is 4.68 Å². The van der Waals surface area contributed by atoms with E-state index in [4.69, 9.17) is 12.2 Å². The Morgan fingerprint density at radius 3 is 2.68 bits per heavy atom. The summed E-state index contributed by atoms with van der Waals surface area (Å²) in [6.07, 6.45) is 0. The molecule has 0 spiro atoms. The summed E-state index contributed by atoms with van der Waals surface area (Å²) in [6.45, 7) is 11.2. The van der Waals surface area contributed by atoms with Crippen LogP contribution in [0.1, 0.15) is 26.5 Å². The predicted molar refractivity (Wildman–Crippen MR) is 81.1 cm³/mol. The Bertz CT molecular complexity index is 619. The van der Waals surface area contributed by atoms with E-state index in [0.29, 0.717) is 6.04 Å². The molecule has 19 heavy (non-hydrogen) atoms. The van der Waals surface area contributed by atoms with Gasteiger partial charge in [0.1, 0.15) is 5.52 Å². The molecule has 0 aliphatic heterocycles. The van der Waals surface area contributed by atoms with Crippen LogP contribution in [0.15, 0.2) is 0 Å². The first-order chi connectivity index (χ1) is 8.95. The molecular weight excluding hydrogens is 258 g/mol. The van der Waals surface area contributed by atoms with Crippen molar-refractivity contribution in [2.75, 3.05) is 13.6 Å². The average Bonchev–Trinajstić information content (AvgIpc) is 2.84. The lowest BCUT2D eigenvalue weighted by atomic mass is 10.3. The summed E-state index contributed by atoms with van der Waals surface area (Å²) in [4.78, 5) is 5.60. The molecule has 2 rings (SSSR count). The van der Waals surface area contributed by atoms with Gasteiger partial charge in [-0.15, -0.1) is 0 Å². The highest BCUT2D eigenvalue weighted by atomic mass is 32.1. The highest BCUT2D eigenvalue weighted by Gasteiger charge is 2.14. The quantitative estimate of drug-likeness (QED) is 0.857. The maximum Gasteiger partial charge on any atom is 0.179 e. The molecule has 2 aromatic heterocycles. The van der Waals surface area contributed by atoms with Crippen LogP contribution in [0.5, 0.6) is 0 Å². The van der Waals surface area contributed by atoms with E-state index in [9.17, 15) is 0 Å². The third kappa shape index (κ3) is 2.60. The van der Waals surface area contributed by atoms with Crippen molar-refractivity contribution < 1.29 is 0 Å². The Balaban J connectivity index is 2.37. The number of hydrogen-bond acceptors (Lipinski definition) is 3. The van der Waals surface area contributed by atoms with E-state index in [-0.39, 0.29) is 0 Å². The molecule has 0 atom stereocenters. The maximum atomic E-state index is 5.44. The second-order valence-corrected chi connectivity index (χ2v) is 5.64. The van der Waals surface area contributed by atoms with Crippen LogP contribution < -0.4 is 0 Å². The predicted octanol–water partition coefficient (Wildman–Crippen LogP) is 2.56. The summed E-state index contributed by atoms with van der Waals surface area (Å²) in [5, 5.41) is 4.54.